The molecule has 6 heteroatoms. The van der Waals surface area contributed by atoms with Gasteiger partial charge < -0.3 is 10.2 Å². The SMILES string of the molecule is CC(C(=O)O)c1ncnn1-c1cccc(O)c1. The lowest BCUT2D eigenvalue weighted by Gasteiger charge is -2.08. The minimum absolute atomic E-state index is 0.0897. The van der Waals surface area contributed by atoms with Gasteiger partial charge in [0.25, 0.3) is 0 Å². The Bertz CT molecular complexity index is 550. The number of benzene rings is 1. The van der Waals surface area contributed by atoms with Crippen molar-refractivity contribution in [3.8, 4) is 11.4 Å². The molecule has 0 amide bonds. The fourth-order valence-electron chi connectivity index (χ4n) is 1.48. The molecule has 0 aliphatic heterocycles. The van der Waals surface area contributed by atoms with E-state index in [2.05, 4.69) is 10.1 Å². The molecule has 1 atom stereocenters. The number of carboxylic acid groups (broad SMARTS) is 1. The summed E-state index contributed by atoms with van der Waals surface area (Å²) in [5.74, 6) is -1.32. The zero-order chi connectivity index (χ0) is 12.4. The van der Waals surface area contributed by atoms with Crippen molar-refractivity contribution in [2.45, 2.75) is 12.8 Å². The van der Waals surface area contributed by atoms with Crippen LogP contribution in [0, 0.1) is 0 Å². The number of hydrogen-bond acceptors (Lipinski definition) is 4. The maximum Gasteiger partial charge on any atom is 0.313 e. The van der Waals surface area contributed by atoms with Crippen LogP contribution >= 0.6 is 0 Å². The molecule has 0 saturated carbocycles. The Kier molecular flexibility index (Phi) is 2.78. The second-order valence-corrected chi connectivity index (χ2v) is 3.61. The van der Waals surface area contributed by atoms with E-state index in [1.807, 2.05) is 0 Å². The van der Waals surface area contributed by atoms with Crippen LogP contribution in [-0.4, -0.2) is 30.9 Å². The predicted molar refractivity (Wildman–Crippen MR) is 59.1 cm³/mol. The van der Waals surface area contributed by atoms with Crippen LogP contribution in [0.4, 0.5) is 0 Å². The lowest BCUT2D eigenvalue weighted by atomic mass is 10.1. The molecule has 2 N–H and O–H groups in total. The molecule has 1 heterocycles. The molecular weight excluding hydrogens is 222 g/mol. The van der Waals surface area contributed by atoms with Crippen LogP contribution in [0.2, 0.25) is 0 Å². The van der Waals surface area contributed by atoms with Gasteiger partial charge in [-0.2, -0.15) is 5.10 Å². The van der Waals surface area contributed by atoms with Gasteiger partial charge in [0.1, 0.15) is 23.8 Å². The van der Waals surface area contributed by atoms with Crippen molar-refractivity contribution in [2.75, 3.05) is 0 Å². The van der Waals surface area contributed by atoms with Gasteiger partial charge in [-0.1, -0.05) is 6.07 Å². The zero-order valence-corrected chi connectivity index (χ0v) is 9.11. The molecule has 0 radical (unpaired) electrons. The van der Waals surface area contributed by atoms with E-state index in [0.29, 0.717) is 11.5 Å². The van der Waals surface area contributed by atoms with Gasteiger partial charge in [0, 0.05) is 6.07 Å². The second-order valence-electron chi connectivity index (χ2n) is 3.61. The minimum Gasteiger partial charge on any atom is -0.508 e. The standard InChI is InChI=1S/C11H11N3O3/c1-7(11(16)17)10-12-6-13-14(10)8-3-2-4-9(15)5-8/h2-7,15H,1H3,(H,16,17). The number of phenols is 1. The number of rotatable bonds is 3. The van der Waals surface area contributed by atoms with Crippen LogP contribution in [0.1, 0.15) is 18.7 Å². The van der Waals surface area contributed by atoms with Gasteiger partial charge in [0.05, 0.1) is 5.69 Å². The molecule has 1 aromatic heterocycles. The van der Waals surface area contributed by atoms with Crippen LogP contribution < -0.4 is 0 Å². The van der Waals surface area contributed by atoms with Gasteiger partial charge in [0.15, 0.2) is 0 Å². The van der Waals surface area contributed by atoms with E-state index in [-0.39, 0.29) is 5.75 Å². The Balaban J connectivity index is 2.47. The molecule has 0 fully saturated rings. The van der Waals surface area contributed by atoms with E-state index in [4.69, 9.17) is 5.11 Å². The average Bonchev–Trinajstić information content (AvgIpc) is 2.76. The molecule has 0 aliphatic carbocycles. The summed E-state index contributed by atoms with van der Waals surface area (Å²) in [5, 5.41) is 22.3. The molecule has 2 rings (SSSR count). The Morgan fingerprint density at radius 3 is 2.88 bits per heavy atom. The van der Waals surface area contributed by atoms with E-state index < -0.39 is 11.9 Å². The number of aliphatic carboxylic acids is 1. The van der Waals surface area contributed by atoms with Crippen LogP contribution in [0.25, 0.3) is 5.69 Å². The number of carboxylic acids is 1. The summed E-state index contributed by atoms with van der Waals surface area (Å²) in [7, 11) is 0. The Morgan fingerprint density at radius 1 is 1.47 bits per heavy atom. The Morgan fingerprint density at radius 2 is 2.24 bits per heavy atom. The largest absolute Gasteiger partial charge is 0.508 e. The van der Waals surface area contributed by atoms with Crippen molar-refractivity contribution in [1.82, 2.24) is 14.8 Å². The van der Waals surface area contributed by atoms with Gasteiger partial charge >= 0.3 is 5.97 Å². The molecule has 88 valence electrons. The Labute approximate surface area is 97.2 Å². The summed E-state index contributed by atoms with van der Waals surface area (Å²) in [5.41, 5.74) is 0.575. The van der Waals surface area contributed by atoms with Gasteiger partial charge in [-0.15, -0.1) is 0 Å². The number of carbonyl (C=O) groups is 1. The first-order chi connectivity index (χ1) is 8.09. The summed E-state index contributed by atoms with van der Waals surface area (Å²) in [4.78, 5) is 14.9. The molecule has 1 unspecified atom stereocenters. The lowest BCUT2D eigenvalue weighted by Crippen LogP contribution is -2.14. The maximum absolute atomic E-state index is 10.9. The number of aromatic nitrogens is 3. The zero-order valence-electron chi connectivity index (χ0n) is 9.11. The van der Waals surface area contributed by atoms with E-state index in [0.717, 1.165) is 0 Å². The van der Waals surface area contributed by atoms with Gasteiger partial charge in [-0.3, -0.25) is 4.79 Å². The number of hydrogen-bond donors (Lipinski definition) is 2. The monoisotopic (exact) mass is 233 g/mol. The van der Waals surface area contributed by atoms with E-state index in [1.54, 1.807) is 12.1 Å². The van der Waals surface area contributed by atoms with Crippen molar-refractivity contribution in [3.63, 3.8) is 0 Å². The second kappa shape index (κ2) is 4.25. The van der Waals surface area contributed by atoms with E-state index >= 15 is 0 Å². The van der Waals surface area contributed by atoms with Crippen molar-refractivity contribution >= 4 is 5.97 Å². The highest BCUT2D eigenvalue weighted by Crippen LogP contribution is 2.19. The lowest BCUT2D eigenvalue weighted by molar-refractivity contribution is -0.138. The third-order valence-corrected chi connectivity index (χ3v) is 2.41. The van der Waals surface area contributed by atoms with E-state index in [9.17, 15) is 9.90 Å². The normalized spacial score (nSPS) is 12.3. The first kappa shape index (κ1) is 11.1. The quantitative estimate of drug-likeness (QED) is 0.830. The fraction of sp³-hybridized carbons (Fsp3) is 0.182. The van der Waals surface area contributed by atoms with E-state index in [1.165, 1.54) is 30.1 Å². The van der Waals surface area contributed by atoms with Crippen molar-refractivity contribution < 1.29 is 15.0 Å². The average molecular weight is 233 g/mol. The van der Waals surface area contributed by atoms with Crippen LogP contribution in [0.3, 0.4) is 0 Å². The molecular formula is C11H11N3O3. The van der Waals surface area contributed by atoms with Gasteiger partial charge in [0.2, 0.25) is 0 Å². The smallest absolute Gasteiger partial charge is 0.313 e. The van der Waals surface area contributed by atoms with Crippen LogP contribution in [0.5, 0.6) is 5.75 Å². The molecule has 0 spiro atoms. The van der Waals surface area contributed by atoms with Crippen LogP contribution in [0.15, 0.2) is 30.6 Å². The number of nitrogens with zero attached hydrogens (tertiary/aromatic N) is 3. The van der Waals surface area contributed by atoms with Gasteiger partial charge in [-0.25, -0.2) is 9.67 Å². The third kappa shape index (κ3) is 2.10. The number of phenolic OH excluding ortho intramolecular Hbond substituents is 1. The maximum atomic E-state index is 10.9. The molecule has 0 aliphatic rings. The van der Waals surface area contributed by atoms with Gasteiger partial charge in [-0.05, 0) is 19.1 Å². The fourth-order valence-corrected chi connectivity index (χ4v) is 1.48. The van der Waals surface area contributed by atoms with Crippen molar-refractivity contribution in [3.05, 3.63) is 36.4 Å². The minimum atomic E-state index is -0.973. The molecule has 1 aromatic carbocycles. The Hall–Kier alpha value is -2.37. The summed E-state index contributed by atoms with van der Waals surface area (Å²) < 4.78 is 1.40. The predicted octanol–water partition coefficient (Wildman–Crippen LogP) is 1.16. The summed E-state index contributed by atoms with van der Waals surface area (Å²) in [6, 6.07) is 6.39. The summed E-state index contributed by atoms with van der Waals surface area (Å²) >= 11 is 0. The highest BCUT2D eigenvalue weighted by molar-refractivity contribution is 5.74. The highest BCUT2D eigenvalue weighted by atomic mass is 16.4. The highest BCUT2D eigenvalue weighted by Gasteiger charge is 2.20. The summed E-state index contributed by atoms with van der Waals surface area (Å²) in [6.07, 6.45) is 1.29. The number of aromatic hydroxyl groups is 1. The van der Waals surface area contributed by atoms with Crippen molar-refractivity contribution in [2.24, 2.45) is 0 Å². The molecule has 17 heavy (non-hydrogen) atoms. The molecule has 0 bridgehead atoms. The topological polar surface area (TPSA) is 88.2 Å². The first-order valence-electron chi connectivity index (χ1n) is 5.01. The molecule has 6 nitrogen and oxygen atoms in total. The van der Waals surface area contributed by atoms with Crippen LogP contribution in [-0.2, 0) is 4.79 Å². The molecule has 2 aromatic rings. The summed E-state index contributed by atoms with van der Waals surface area (Å²) in [6.45, 7) is 1.53. The van der Waals surface area contributed by atoms with Crippen molar-refractivity contribution in [1.29, 1.82) is 0 Å². The molecule has 0 saturated heterocycles. The first-order valence-corrected chi connectivity index (χ1v) is 5.01. The third-order valence-electron chi connectivity index (χ3n) is 2.41.